The summed E-state index contributed by atoms with van der Waals surface area (Å²) in [6, 6.07) is 5.63. The van der Waals surface area contributed by atoms with Crippen molar-refractivity contribution in [1.29, 1.82) is 0 Å². The molecule has 1 aliphatic heterocycles. The van der Waals surface area contributed by atoms with Gasteiger partial charge in [0, 0.05) is 36.8 Å². The third kappa shape index (κ3) is 3.31. The summed E-state index contributed by atoms with van der Waals surface area (Å²) in [7, 11) is 0. The highest BCUT2D eigenvalue weighted by Gasteiger charge is 2.15. The second kappa shape index (κ2) is 6.32. The van der Waals surface area contributed by atoms with Gasteiger partial charge in [-0.3, -0.25) is 9.69 Å². The van der Waals surface area contributed by atoms with Crippen LogP contribution in [0.2, 0.25) is 5.02 Å². The van der Waals surface area contributed by atoms with Gasteiger partial charge in [-0.1, -0.05) is 30.7 Å². The van der Waals surface area contributed by atoms with Crippen molar-refractivity contribution in [2.24, 2.45) is 0 Å². The maximum Gasteiger partial charge on any atom is 0.176 e. The number of piperazine rings is 1. The minimum Gasteiger partial charge on any atom is -0.314 e. The van der Waals surface area contributed by atoms with Gasteiger partial charge in [0.1, 0.15) is 0 Å². The van der Waals surface area contributed by atoms with Gasteiger partial charge in [-0.15, -0.1) is 0 Å². The molecule has 0 radical (unpaired) electrons. The Bertz CT molecular complexity index is 428. The first-order valence-electron chi connectivity index (χ1n) is 6.45. The van der Waals surface area contributed by atoms with Crippen LogP contribution in [0.15, 0.2) is 18.2 Å². The van der Waals surface area contributed by atoms with Crippen LogP contribution in [0.1, 0.15) is 22.8 Å². The Balaban J connectivity index is 2.01. The number of carbonyl (C=O) groups excluding carboxylic acids is 1. The van der Waals surface area contributed by atoms with Crippen LogP contribution in [-0.2, 0) is 6.42 Å². The molecular weight excluding hydrogens is 248 g/mol. The number of aryl methyl sites for hydroxylation is 1. The maximum absolute atomic E-state index is 12.1. The Kier molecular flexibility index (Phi) is 4.75. The fourth-order valence-electron chi connectivity index (χ4n) is 2.17. The number of carbonyl (C=O) groups is 1. The zero-order valence-electron chi connectivity index (χ0n) is 10.7. The molecule has 0 unspecified atom stereocenters. The van der Waals surface area contributed by atoms with Crippen molar-refractivity contribution in [2.75, 3.05) is 32.7 Å². The van der Waals surface area contributed by atoms with Gasteiger partial charge in [0.05, 0.1) is 6.54 Å². The molecule has 0 atom stereocenters. The first kappa shape index (κ1) is 13.5. The number of Topliss-reactive ketones (excluding diaryl/α,β-unsaturated/α-hetero) is 1. The summed E-state index contributed by atoms with van der Waals surface area (Å²) in [6.45, 7) is 6.34. The van der Waals surface area contributed by atoms with Crippen LogP contribution in [0.5, 0.6) is 0 Å². The van der Waals surface area contributed by atoms with Gasteiger partial charge < -0.3 is 5.32 Å². The van der Waals surface area contributed by atoms with Crippen molar-refractivity contribution in [3.05, 3.63) is 34.3 Å². The van der Waals surface area contributed by atoms with Crippen molar-refractivity contribution in [3.63, 3.8) is 0 Å². The molecule has 0 aliphatic carbocycles. The number of ketones is 1. The van der Waals surface area contributed by atoms with E-state index >= 15 is 0 Å². The van der Waals surface area contributed by atoms with E-state index in [1.807, 2.05) is 12.1 Å². The minimum absolute atomic E-state index is 0.154. The molecule has 98 valence electrons. The lowest BCUT2D eigenvalue weighted by atomic mass is 10.1. The van der Waals surface area contributed by atoms with E-state index in [0.717, 1.165) is 43.7 Å². The summed E-state index contributed by atoms with van der Waals surface area (Å²) < 4.78 is 0. The molecule has 0 bridgehead atoms. The molecule has 1 N–H and O–H groups in total. The molecule has 18 heavy (non-hydrogen) atoms. The van der Waals surface area contributed by atoms with Crippen molar-refractivity contribution < 1.29 is 4.79 Å². The molecule has 0 saturated carbocycles. The quantitative estimate of drug-likeness (QED) is 0.846. The van der Waals surface area contributed by atoms with Crippen molar-refractivity contribution >= 4 is 17.4 Å². The van der Waals surface area contributed by atoms with E-state index in [4.69, 9.17) is 11.6 Å². The number of hydrogen-bond acceptors (Lipinski definition) is 3. The topological polar surface area (TPSA) is 32.3 Å². The van der Waals surface area contributed by atoms with Crippen LogP contribution in [0.4, 0.5) is 0 Å². The molecule has 1 heterocycles. The molecule has 1 saturated heterocycles. The van der Waals surface area contributed by atoms with Crippen molar-refractivity contribution in [3.8, 4) is 0 Å². The van der Waals surface area contributed by atoms with Gasteiger partial charge in [-0.05, 0) is 18.1 Å². The molecule has 1 aromatic rings. The molecule has 1 fully saturated rings. The number of benzene rings is 1. The number of nitrogens with zero attached hydrogens (tertiary/aromatic N) is 1. The van der Waals surface area contributed by atoms with E-state index in [0.29, 0.717) is 11.6 Å². The summed E-state index contributed by atoms with van der Waals surface area (Å²) >= 11 is 6.14. The number of nitrogens with one attached hydrogen (secondary N) is 1. The molecule has 0 aromatic heterocycles. The third-order valence-corrected chi connectivity index (χ3v) is 3.68. The molecule has 0 amide bonds. The Morgan fingerprint density at radius 2 is 2.11 bits per heavy atom. The monoisotopic (exact) mass is 266 g/mol. The predicted octanol–water partition coefficient (Wildman–Crippen LogP) is 1.99. The van der Waals surface area contributed by atoms with Gasteiger partial charge >= 0.3 is 0 Å². The summed E-state index contributed by atoms with van der Waals surface area (Å²) in [6.07, 6.45) is 0.894. The molecule has 4 heteroatoms. The second-order valence-electron chi connectivity index (χ2n) is 4.61. The smallest absolute Gasteiger partial charge is 0.176 e. The molecule has 2 rings (SSSR count). The Hall–Kier alpha value is -0.900. The number of hydrogen-bond donors (Lipinski definition) is 1. The second-order valence-corrected chi connectivity index (χ2v) is 5.02. The molecule has 1 aliphatic rings. The Morgan fingerprint density at radius 3 is 2.72 bits per heavy atom. The van der Waals surface area contributed by atoms with E-state index in [1.54, 1.807) is 6.07 Å². The molecule has 0 spiro atoms. The number of rotatable bonds is 4. The Morgan fingerprint density at radius 1 is 1.39 bits per heavy atom. The van der Waals surface area contributed by atoms with E-state index < -0.39 is 0 Å². The van der Waals surface area contributed by atoms with Crippen LogP contribution in [0.3, 0.4) is 0 Å². The van der Waals surface area contributed by atoms with E-state index in [2.05, 4.69) is 17.1 Å². The van der Waals surface area contributed by atoms with Gasteiger partial charge in [0.15, 0.2) is 5.78 Å². The molecule has 1 aromatic carbocycles. The average molecular weight is 267 g/mol. The van der Waals surface area contributed by atoms with Crippen LogP contribution < -0.4 is 5.32 Å². The lowest BCUT2D eigenvalue weighted by molar-refractivity contribution is 0.0921. The summed E-state index contributed by atoms with van der Waals surface area (Å²) in [5.74, 6) is 0.154. The van der Waals surface area contributed by atoms with Crippen LogP contribution >= 0.6 is 11.6 Å². The SMILES string of the molecule is CCc1ccc(C(=O)CN2CCNCC2)cc1Cl. The summed E-state index contributed by atoms with van der Waals surface area (Å²) in [5.41, 5.74) is 1.81. The first-order chi connectivity index (χ1) is 8.70. The first-order valence-corrected chi connectivity index (χ1v) is 6.83. The summed E-state index contributed by atoms with van der Waals surface area (Å²) in [5, 5.41) is 3.98. The third-order valence-electron chi connectivity index (χ3n) is 3.33. The van der Waals surface area contributed by atoms with Gasteiger partial charge in [-0.2, -0.15) is 0 Å². The van der Waals surface area contributed by atoms with E-state index in [-0.39, 0.29) is 5.78 Å². The van der Waals surface area contributed by atoms with Gasteiger partial charge in [-0.25, -0.2) is 0 Å². The largest absolute Gasteiger partial charge is 0.314 e. The van der Waals surface area contributed by atoms with E-state index in [9.17, 15) is 4.79 Å². The highest BCUT2D eigenvalue weighted by atomic mass is 35.5. The highest BCUT2D eigenvalue weighted by molar-refractivity contribution is 6.31. The lowest BCUT2D eigenvalue weighted by Gasteiger charge is -2.26. The zero-order chi connectivity index (χ0) is 13.0. The zero-order valence-corrected chi connectivity index (χ0v) is 11.5. The van der Waals surface area contributed by atoms with Gasteiger partial charge in [0.2, 0.25) is 0 Å². The fraction of sp³-hybridized carbons (Fsp3) is 0.500. The van der Waals surface area contributed by atoms with E-state index in [1.165, 1.54) is 0 Å². The van der Waals surface area contributed by atoms with Crippen LogP contribution in [0.25, 0.3) is 0 Å². The Labute approximate surface area is 113 Å². The maximum atomic E-state index is 12.1. The molecule has 3 nitrogen and oxygen atoms in total. The molecular formula is C14H19ClN2O. The van der Waals surface area contributed by atoms with Gasteiger partial charge in [0.25, 0.3) is 0 Å². The van der Waals surface area contributed by atoms with Crippen LogP contribution in [-0.4, -0.2) is 43.4 Å². The summed E-state index contributed by atoms with van der Waals surface area (Å²) in [4.78, 5) is 14.3. The number of halogens is 1. The van der Waals surface area contributed by atoms with Crippen LogP contribution in [0, 0.1) is 0 Å². The standard InChI is InChI=1S/C14H19ClN2O/c1-2-11-3-4-12(9-13(11)15)14(18)10-17-7-5-16-6-8-17/h3-4,9,16H,2,5-8,10H2,1H3. The van der Waals surface area contributed by atoms with Crippen molar-refractivity contribution in [2.45, 2.75) is 13.3 Å². The lowest BCUT2D eigenvalue weighted by Crippen LogP contribution is -2.45. The fourth-order valence-corrected chi connectivity index (χ4v) is 2.49. The van der Waals surface area contributed by atoms with Crippen molar-refractivity contribution in [1.82, 2.24) is 10.2 Å². The minimum atomic E-state index is 0.154. The predicted molar refractivity (Wildman–Crippen MR) is 74.5 cm³/mol. The normalized spacial score (nSPS) is 16.8. The highest BCUT2D eigenvalue weighted by Crippen LogP contribution is 2.19. The average Bonchev–Trinajstić information content (AvgIpc) is 2.39.